The molecule has 0 unspecified atom stereocenters. The molecule has 2 N–H and O–H groups in total. The Balaban J connectivity index is 4.66. The number of nitrogens with one attached hydrogen (secondary N) is 1. The summed E-state index contributed by atoms with van der Waals surface area (Å²) >= 11 is 0.250. The molecule has 0 aliphatic rings. The summed E-state index contributed by atoms with van der Waals surface area (Å²) < 4.78 is 38.1. The molecule has 0 aromatic carbocycles. The molecule has 0 aliphatic heterocycles. The Morgan fingerprint density at radius 3 is 2.30 bits per heavy atom. The van der Waals surface area contributed by atoms with E-state index in [0.717, 1.165) is 0 Å². The summed E-state index contributed by atoms with van der Waals surface area (Å²) in [5, 5.41) is 16.8. The van der Waals surface area contributed by atoms with Crippen molar-refractivity contribution >= 4 is 28.1 Å². The van der Waals surface area contributed by atoms with Gasteiger partial charge in [0.25, 0.3) is 11.4 Å². The Morgan fingerprint density at radius 1 is 1.40 bits per heavy atom. The highest BCUT2D eigenvalue weighted by Gasteiger charge is 2.29. The molecule has 0 bridgehead atoms. The molecule has 0 amide bonds. The average Bonchev–Trinajstić information content (AvgIpc) is 2.23. The fourth-order valence-electron chi connectivity index (χ4n) is 1.40. The summed E-state index contributed by atoms with van der Waals surface area (Å²) in [5.74, 6) is 0. The minimum absolute atomic E-state index is 0.0762. The van der Waals surface area contributed by atoms with Gasteiger partial charge in [0.2, 0.25) is 0 Å². The van der Waals surface area contributed by atoms with Gasteiger partial charge in [-0.15, -0.1) is 11.7 Å². The topological polar surface area (TPSA) is 47.3 Å². The maximum absolute atomic E-state index is 12.6. The molecular formula is C12H20ClF3N2OS. The minimum Gasteiger partial charge on any atom is -0.386 e. The van der Waals surface area contributed by atoms with Crippen LogP contribution < -0.4 is 0 Å². The summed E-state index contributed by atoms with van der Waals surface area (Å²) in [7, 11) is 0. The van der Waals surface area contributed by atoms with Crippen molar-refractivity contribution in [1.82, 2.24) is 4.31 Å². The molecule has 0 spiro atoms. The maximum atomic E-state index is 12.6. The van der Waals surface area contributed by atoms with E-state index in [1.54, 1.807) is 0 Å². The molecule has 0 saturated carbocycles. The second kappa shape index (κ2) is 8.07. The van der Waals surface area contributed by atoms with E-state index in [4.69, 9.17) is 17.0 Å². The number of nitrogens with zero attached hydrogens (tertiary/aromatic N) is 1. The fourth-order valence-corrected chi connectivity index (χ4v) is 2.12. The number of halogens is 4. The molecule has 0 radical (unpaired) electrons. The number of hydrogen-bond acceptors (Lipinski definition) is 3. The quantitative estimate of drug-likeness (QED) is 0.506. The summed E-state index contributed by atoms with van der Waals surface area (Å²) in [4.78, 5) is 0. The Kier molecular flexibility index (Phi) is 7.87. The second-order valence-electron chi connectivity index (χ2n) is 4.60. The highest BCUT2D eigenvalue weighted by Crippen LogP contribution is 2.56. The van der Waals surface area contributed by atoms with Crippen molar-refractivity contribution in [3.8, 4) is 0 Å². The zero-order chi connectivity index (χ0) is 16.0. The van der Waals surface area contributed by atoms with Gasteiger partial charge >= 0.3 is 0 Å². The second-order valence-corrected chi connectivity index (χ2v) is 6.29. The lowest BCUT2D eigenvalue weighted by molar-refractivity contribution is 0.124. The van der Waals surface area contributed by atoms with Gasteiger partial charge in [0.05, 0.1) is 5.60 Å². The SMILES string of the molecule is CCN(CC/C=C\C(=C/C(=N)Cl)C(C)(C)O)S(F)(F)F. The smallest absolute Gasteiger partial charge is 0.278 e. The van der Waals surface area contributed by atoms with Crippen LogP contribution in [0, 0.1) is 5.41 Å². The highest BCUT2D eigenvalue weighted by molar-refractivity contribution is 8.18. The molecule has 0 rings (SSSR count). The molecule has 8 heteroatoms. The molecule has 0 heterocycles. The number of rotatable bonds is 8. The van der Waals surface area contributed by atoms with E-state index in [-0.39, 0.29) is 24.7 Å². The molecule has 0 fully saturated rings. The predicted octanol–water partition coefficient (Wildman–Crippen LogP) is 4.54. The van der Waals surface area contributed by atoms with Crippen LogP contribution in [0.1, 0.15) is 27.2 Å². The molecule has 0 aliphatic carbocycles. The summed E-state index contributed by atoms with van der Waals surface area (Å²) in [6.07, 6.45) is 4.50. The predicted molar refractivity (Wildman–Crippen MR) is 79.9 cm³/mol. The van der Waals surface area contributed by atoms with Crippen LogP contribution in [-0.2, 0) is 0 Å². The Hall–Kier alpha value is -0.500. The van der Waals surface area contributed by atoms with Gasteiger partial charge in [-0.3, -0.25) is 5.41 Å². The average molecular weight is 333 g/mol. The van der Waals surface area contributed by atoms with Crippen molar-refractivity contribution in [2.75, 3.05) is 13.1 Å². The monoisotopic (exact) mass is 332 g/mol. The first-order valence-electron chi connectivity index (χ1n) is 6.01. The first-order chi connectivity index (χ1) is 8.98. The normalized spacial score (nSPS) is 15.2. The van der Waals surface area contributed by atoms with Crippen LogP contribution in [0.2, 0.25) is 0 Å². The largest absolute Gasteiger partial charge is 0.386 e. The standard InChI is InChI=1S/C12H20ClF3N2OS/c1-4-18(20(14,15)16)8-6-5-7-10(9-11(13)17)12(2,3)19/h5,7,9,17,19H,4,6,8H2,1-3H3/b7-5-,10-9+,17-11?. The minimum atomic E-state index is -5.18. The van der Waals surface area contributed by atoms with Gasteiger partial charge in [0.1, 0.15) is 5.17 Å². The zero-order valence-corrected chi connectivity index (χ0v) is 13.2. The van der Waals surface area contributed by atoms with Gasteiger partial charge in [-0.25, -0.2) is 0 Å². The van der Waals surface area contributed by atoms with E-state index in [1.807, 2.05) is 0 Å². The van der Waals surface area contributed by atoms with Crippen LogP contribution in [0.3, 0.4) is 0 Å². The molecule has 0 saturated heterocycles. The first kappa shape index (κ1) is 19.5. The van der Waals surface area contributed by atoms with E-state index in [2.05, 4.69) is 0 Å². The van der Waals surface area contributed by atoms with Crippen LogP contribution in [0.25, 0.3) is 0 Å². The molecule has 3 nitrogen and oxygen atoms in total. The van der Waals surface area contributed by atoms with Crippen molar-refractivity contribution in [2.24, 2.45) is 0 Å². The van der Waals surface area contributed by atoms with Gasteiger partial charge in [0, 0.05) is 13.1 Å². The Morgan fingerprint density at radius 2 is 1.95 bits per heavy atom. The van der Waals surface area contributed by atoms with Crippen molar-refractivity contribution in [3.05, 3.63) is 23.8 Å². The van der Waals surface area contributed by atoms with E-state index in [9.17, 15) is 16.8 Å². The lowest BCUT2D eigenvalue weighted by Crippen LogP contribution is -2.22. The van der Waals surface area contributed by atoms with Gasteiger partial charge in [0.15, 0.2) is 0 Å². The van der Waals surface area contributed by atoms with Gasteiger partial charge in [-0.1, -0.05) is 30.7 Å². The lowest BCUT2D eigenvalue weighted by atomic mass is 9.97. The molecule has 0 atom stereocenters. The summed E-state index contributed by atoms with van der Waals surface area (Å²) in [6.45, 7) is 4.29. The lowest BCUT2D eigenvalue weighted by Gasteiger charge is -2.25. The molecule has 0 aromatic rings. The van der Waals surface area contributed by atoms with Crippen molar-refractivity contribution in [2.45, 2.75) is 32.8 Å². The highest BCUT2D eigenvalue weighted by atomic mass is 35.5. The third kappa shape index (κ3) is 7.94. The molecule has 20 heavy (non-hydrogen) atoms. The number of hydrogen-bond donors (Lipinski definition) is 2. The Bertz CT molecular complexity index is 389. The Labute approximate surface area is 124 Å². The molecular weight excluding hydrogens is 313 g/mol. The number of allylic oxidation sites excluding steroid dienone is 1. The molecule has 118 valence electrons. The van der Waals surface area contributed by atoms with Crippen LogP contribution in [0.4, 0.5) is 11.7 Å². The zero-order valence-electron chi connectivity index (χ0n) is 11.7. The van der Waals surface area contributed by atoms with Crippen molar-refractivity contribution in [1.29, 1.82) is 5.41 Å². The third-order valence-corrected chi connectivity index (χ3v) is 3.61. The van der Waals surface area contributed by atoms with Crippen molar-refractivity contribution in [3.63, 3.8) is 0 Å². The fraction of sp³-hybridized carbons (Fsp3) is 0.583. The molecule has 0 aromatic heterocycles. The van der Waals surface area contributed by atoms with Crippen LogP contribution in [0.5, 0.6) is 0 Å². The van der Waals surface area contributed by atoms with E-state index < -0.39 is 17.0 Å². The van der Waals surface area contributed by atoms with Gasteiger partial charge < -0.3 is 5.11 Å². The maximum Gasteiger partial charge on any atom is 0.278 e. The summed E-state index contributed by atoms with van der Waals surface area (Å²) in [6, 6.07) is 0. The van der Waals surface area contributed by atoms with Crippen LogP contribution in [0.15, 0.2) is 23.8 Å². The van der Waals surface area contributed by atoms with Crippen molar-refractivity contribution < 1.29 is 16.8 Å². The van der Waals surface area contributed by atoms with Gasteiger partial charge in [-0.2, -0.15) is 4.31 Å². The first-order valence-corrected chi connectivity index (χ1v) is 7.67. The van der Waals surface area contributed by atoms with E-state index >= 15 is 0 Å². The van der Waals surface area contributed by atoms with E-state index in [1.165, 1.54) is 39.0 Å². The van der Waals surface area contributed by atoms with Crippen LogP contribution >= 0.6 is 23.0 Å². The van der Waals surface area contributed by atoms with Gasteiger partial charge in [-0.05, 0) is 31.9 Å². The van der Waals surface area contributed by atoms with E-state index in [0.29, 0.717) is 9.88 Å². The third-order valence-electron chi connectivity index (χ3n) is 2.48. The summed E-state index contributed by atoms with van der Waals surface area (Å²) in [5.41, 5.74) is -0.836. The number of aliphatic hydroxyl groups is 1. The van der Waals surface area contributed by atoms with Crippen LogP contribution in [-0.4, -0.2) is 33.3 Å².